The molecule has 0 bridgehead atoms. The molecule has 2 aromatic rings. The molecule has 0 spiro atoms. The van der Waals surface area contributed by atoms with E-state index < -0.39 is 0 Å². The SMILES string of the molecule is CCc1cc(NCCC2CCN(C(C)C)CC2)c2nncn2n1. The molecule has 1 N–H and O–H groups in total. The predicted octanol–water partition coefficient (Wildman–Crippen LogP) is 2.61. The maximum Gasteiger partial charge on any atom is 0.200 e. The van der Waals surface area contributed by atoms with E-state index in [0.29, 0.717) is 6.04 Å². The molecule has 3 rings (SSSR count). The van der Waals surface area contributed by atoms with Gasteiger partial charge in [-0.05, 0) is 64.6 Å². The van der Waals surface area contributed by atoms with E-state index in [1.54, 1.807) is 10.8 Å². The van der Waals surface area contributed by atoms with Gasteiger partial charge in [-0.15, -0.1) is 10.2 Å². The molecule has 1 saturated heterocycles. The highest BCUT2D eigenvalue weighted by Crippen LogP contribution is 2.22. The Labute approximate surface area is 138 Å². The number of hydrogen-bond acceptors (Lipinski definition) is 5. The number of rotatable bonds is 6. The van der Waals surface area contributed by atoms with Crippen LogP contribution in [0.3, 0.4) is 0 Å². The van der Waals surface area contributed by atoms with Gasteiger partial charge in [0.2, 0.25) is 5.65 Å². The van der Waals surface area contributed by atoms with Crippen molar-refractivity contribution >= 4 is 11.3 Å². The van der Waals surface area contributed by atoms with Gasteiger partial charge in [0, 0.05) is 12.6 Å². The molecule has 1 aliphatic rings. The number of nitrogens with one attached hydrogen (secondary N) is 1. The predicted molar refractivity (Wildman–Crippen MR) is 92.7 cm³/mol. The number of piperidine rings is 1. The lowest BCUT2D eigenvalue weighted by atomic mass is 9.93. The number of aryl methyl sites for hydroxylation is 1. The summed E-state index contributed by atoms with van der Waals surface area (Å²) >= 11 is 0. The van der Waals surface area contributed by atoms with Gasteiger partial charge >= 0.3 is 0 Å². The van der Waals surface area contributed by atoms with E-state index >= 15 is 0 Å². The van der Waals surface area contributed by atoms with E-state index in [1.165, 1.54) is 32.4 Å². The molecule has 0 amide bonds. The summed E-state index contributed by atoms with van der Waals surface area (Å²) in [5.41, 5.74) is 2.93. The summed E-state index contributed by atoms with van der Waals surface area (Å²) in [6, 6.07) is 2.78. The molecule has 126 valence electrons. The van der Waals surface area contributed by atoms with Crippen LogP contribution in [-0.4, -0.2) is 50.4 Å². The molecular weight excluding hydrogens is 288 g/mol. The topological polar surface area (TPSA) is 58.3 Å². The summed E-state index contributed by atoms with van der Waals surface area (Å²) in [6.45, 7) is 10.2. The second-order valence-corrected chi connectivity index (χ2v) is 6.79. The molecule has 23 heavy (non-hydrogen) atoms. The molecule has 1 fully saturated rings. The lowest BCUT2D eigenvalue weighted by Gasteiger charge is -2.34. The molecular formula is C17H28N6. The molecule has 0 saturated carbocycles. The van der Waals surface area contributed by atoms with Crippen LogP contribution in [0.25, 0.3) is 5.65 Å². The van der Waals surface area contributed by atoms with Crippen molar-refractivity contribution in [2.45, 2.75) is 52.5 Å². The Morgan fingerprint density at radius 2 is 2.09 bits per heavy atom. The van der Waals surface area contributed by atoms with Crippen LogP contribution >= 0.6 is 0 Å². The van der Waals surface area contributed by atoms with E-state index in [9.17, 15) is 0 Å². The molecule has 0 radical (unpaired) electrons. The van der Waals surface area contributed by atoms with Gasteiger partial charge in [0.25, 0.3) is 0 Å². The van der Waals surface area contributed by atoms with E-state index in [4.69, 9.17) is 0 Å². The van der Waals surface area contributed by atoms with Crippen molar-refractivity contribution in [2.75, 3.05) is 25.0 Å². The number of fused-ring (bicyclic) bond motifs is 1. The Balaban J connectivity index is 1.54. The third kappa shape index (κ3) is 3.80. The first-order valence-electron chi connectivity index (χ1n) is 8.85. The van der Waals surface area contributed by atoms with E-state index in [0.717, 1.165) is 35.9 Å². The number of aromatic nitrogens is 4. The first-order valence-corrected chi connectivity index (χ1v) is 8.85. The summed E-state index contributed by atoms with van der Waals surface area (Å²) < 4.78 is 1.77. The van der Waals surface area contributed by atoms with Gasteiger partial charge in [-0.2, -0.15) is 9.61 Å². The Hall–Kier alpha value is -1.69. The Morgan fingerprint density at radius 3 is 2.78 bits per heavy atom. The van der Waals surface area contributed by atoms with Gasteiger partial charge < -0.3 is 10.2 Å². The standard InChI is InChI=1S/C17H28N6/c1-4-15-11-16(17-20-19-12-23(17)21-15)18-8-5-14-6-9-22(10-7-14)13(2)3/h11-14,18H,4-10H2,1-3H3. The van der Waals surface area contributed by atoms with Gasteiger partial charge in [-0.25, -0.2) is 0 Å². The summed E-state index contributed by atoms with van der Waals surface area (Å²) in [7, 11) is 0. The van der Waals surface area contributed by atoms with Crippen LogP contribution in [0.15, 0.2) is 12.4 Å². The molecule has 0 aromatic carbocycles. The highest BCUT2D eigenvalue weighted by Gasteiger charge is 2.20. The molecule has 0 unspecified atom stereocenters. The number of hydrogen-bond donors (Lipinski definition) is 1. The minimum absolute atomic E-state index is 0.680. The van der Waals surface area contributed by atoms with Crippen LogP contribution in [0.5, 0.6) is 0 Å². The summed E-state index contributed by atoms with van der Waals surface area (Å²) in [4.78, 5) is 2.58. The minimum atomic E-state index is 0.680. The van der Waals surface area contributed by atoms with Crippen molar-refractivity contribution in [1.29, 1.82) is 0 Å². The fourth-order valence-electron chi connectivity index (χ4n) is 3.35. The van der Waals surface area contributed by atoms with E-state index in [1.807, 2.05) is 0 Å². The normalized spacial score (nSPS) is 17.2. The Bertz CT molecular complexity index is 627. The quantitative estimate of drug-likeness (QED) is 0.888. The van der Waals surface area contributed by atoms with Gasteiger partial charge in [0.05, 0.1) is 11.4 Å². The first kappa shape index (κ1) is 16.2. The van der Waals surface area contributed by atoms with Crippen LogP contribution in [0.4, 0.5) is 5.69 Å². The van der Waals surface area contributed by atoms with E-state index in [2.05, 4.69) is 52.4 Å². The third-order valence-electron chi connectivity index (χ3n) is 4.93. The first-order chi connectivity index (χ1) is 11.2. The molecule has 0 atom stereocenters. The second kappa shape index (κ2) is 7.25. The zero-order chi connectivity index (χ0) is 16.2. The molecule has 6 heteroatoms. The lowest BCUT2D eigenvalue weighted by molar-refractivity contribution is 0.147. The number of anilines is 1. The van der Waals surface area contributed by atoms with Crippen LogP contribution in [0.1, 0.15) is 45.7 Å². The van der Waals surface area contributed by atoms with Gasteiger partial charge in [0.1, 0.15) is 6.33 Å². The highest BCUT2D eigenvalue weighted by atomic mass is 15.3. The monoisotopic (exact) mass is 316 g/mol. The van der Waals surface area contributed by atoms with Crippen molar-refractivity contribution in [3.05, 3.63) is 18.1 Å². The van der Waals surface area contributed by atoms with Crippen molar-refractivity contribution < 1.29 is 0 Å². The number of nitrogens with zero attached hydrogens (tertiary/aromatic N) is 5. The van der Waals surface area contributed by atoms with Crippen LogP contribution in [0, 0.1) is 5.92 Å². The zero-order valence-corrected chi connectivity index (χ0v) is 14.5. The van der Waals surface area contributed by atoms with Crippen molar-refractivity contribution in [1.82, 2.24) is 24.7 Å². The fraction of sp³-hybridized carbons (Fsp3) is 0.706. The lowest BCUT2D eigenvalue weighted by Crippen LogP contribution is -2.38. The zero-order valence-electron chi connectivity index (χ0n) is 14.5. The molecule has 1 aliphatic heterocycles. The average Bonchev–Trinajstić information content (AvgIpc) is 3.03. The summed E-state index contributed by atoms with van der Waals surface area (Å²) in [6.07, 6.45) is 6.43. The maximum atomic E-state index is 4.48. The van der Waals surface area contributed by atoms with Crippen LogP contribution in [-0.2, 0) is 6.42 Å². The fourth-order valence-corrected chi connectivity index (χ4v) is 3.35. The minimum Gasteiger partial charge on any atom is -0.382 e. The van der Waals surface area contributed by atoms with Gasteiger partial charge in [0.15, 0.2) is 0 Å². The maximum absolute atomic E-state index is 4.48. The van der Waals surface area contributed by atoms with Crippen molar-refractivity contribution in [3.8, 4) is 0 Å². The molecule has 2 aromatic heterocycles. The Morgan fingerprint density at radius 1 is 1.30 bits per heavy atom. The summed E-state index contributed by atoms with van der Waals surface area (Å²) in [5.74, 6) is 0.832. The molecule has 3 heterocycles. The van der Waals surface area contributed by atoms with E-state index in [-0.39, 0.29) is 0 Å². The molecule has 6 nitrogen and oxygen atoms in total. The smallest absolute Gasteiger partial charge is 0.200 e. The van der Waals surface area contributed by atoms with Crippen molar-refractivity contribution in [3.63, 3.8) is 0 Å². The largest absolute Gasteiger partial charge is 0.382 e. The van der Waals surface area contributed by atoms with Crippen LogP contribution < -0.4 is 5.32 Å². The molecule has 0 aliphatic carbocycles. The average molecular weight is 316 g/mol. The third-order valence-corrected chi connectivity index (χ3v) is 4.93. The van der Waals surface area contributed by atoms with Crippen LogP contribution in [0.2, 0.25) is 0 Å². The number of likely N-dealkylation sites (tertiary alicyclic amines) is 1. The van der Waals surface area contributed by atoms with Crippen molar-refractivity contribution in [2.24, 2.45) is 5.92 Å². The second-order valence-electron chi connectivity index (χ2n) is 6.79. The Kier molecular flexibility index (Phi) is 5.10. The summed E-state index contributed by atoms with van der Waals surface area (Å²) in [5, 5.41) is 16.2. The highest BCUT2D eigenvalue weighted by molar-refractivity contribution is 5.66. The van der Waals surface area contributed by atoms with Gasteiger partial charge in [-0.3, -0.25) is 0 Å². The van der Waals surface area contributed by atoms with Gasteiger partial charge in [-0.1, -0.05) is 6.92 Å².